The van der Waals surface area contributed by atoms with Crippen molar-refractivity contribution < 1.29 is 13.2 Å². The Balaban J connectivity index is 1.94. The molecule has 1 atom stereocenters. The van der Waals surface area contributed by atoms with Crippen LogP contribution >= 0.6 is 0 Å². The Bertz CT molecular complexity index is 881. The second kappa shape index (κ2) is 10.1. The van der Waals surface area contributed by atoms with Gasteiger partial charge in [0.1, 0.15) is 0 Å². The van der Waals surface area contributed by atoms with E-state index in [1.165, 1.54) is 35.1 Å². The molecule has 0 saturated heterocycles. The molecular formula is C21H27N3O3S. The number of carbonyl (C=O) groups is 1. The van der Waals surface area contributed by atoms with Crippen LogP contribution in [0.4, 0.5) is 10.5 Å². The summed E-state index contributed by atoms with van der Waals surface area (Å²) in [5, 5.41) is 5.60. The molecule has 6 nitrogen and oxygen atoms in total. The third kappa shape index (κ3) is 5.68. The van der Waals surface area contributed by atoms with E-state index in [0.29, 0.717) is 12.2 Å². The van der Waals surface area contributed by atoms with Crippen LogP contribution in [0.15, 0.2) is 72.1 Å². The zero-order valence-electron chi connectivity index (χ0n) is 16.3. The normalized spacial score (nSPS) is 12.4. The third-order valence-electron chi connectivity index (χ3n) is 4.48. The highest BCUT2D eigenvalue weighted by atomic mass is 32.2. The van der Waals surface area contributed by atoms with Crippen LogP contribution in [0, 0.1) is 0 Å². The molecule has 2 aromatic rings. The van der Waals surface area contributed by atoms with Crippen LogP contribution in [-0.2, 0) is 10.0 Å². The fraction of sp³-hybridized carbons (Fsp3) is 0.286. The van der Waals surface area contributed by atoms with Crippen molar-refractivity contribution in [1.29, 1.82) is 0 Å². The third-order valence-corrected chi connectivity index (χ3v) is 6.32. The molecule has 0 bridgehead atoms. The number of sulfonamides is 1. The number of nitrogens with zero attached hydrogens (tertiary/aromatic N) is 1. The van der Waals surface area contributed by atoms with Crippen LogP contribution in [0.25, 0.3) is 0 Å². The molecule has 0 aliphatic heterocycles. The zero-order chi connectivity index (χ0) is 20.6. The number of nitrogens with one attached hydrogen (secondary N) is 2. The molecule has 28 heavy (non-hydrogen) atoms. The Morgan fingerprint density at radius 3 is 2.36 bits per heavy atom. The minimum absolute atomic E-state index is 0.165. The highest BCUT2D eigenvalue weighted by Gasteiger charge is 2.19. The van der Waals surface area contributed by atoms with Crippen molar-refractivity contribution in [2.24, 2.45) is 0 Å². The van der Waals surface area contributed by atoms with Crippen molar-refractivity contribution in [3.8, 4) is 0 Å². The second-order valence-corrected chi connectivity index (χ2v) is 8.49. The van der Waals surface area contributed by atoms with Crippen LogP contribution < -0.4 is 10.6 Å². The Morgan fingerprint density at radius 1 is 1.14 bits per heavy atom. The lowest BCUT2D eigenvalue weighted by atomic mass is 9.97. The second-order valence-electron chi connectivity index (χ2n) is 6.45. The van der Waals surface area contributed by atoms with Crippen molar-refractivity contribution in [3.63, 3.8) is 0 Å². The van der Waals surface area contributed by atoms with E-state index in [0.717, 1.165) is 6.42 Å². The zero-order valence-corrected chi connectivity index (χ0v) is 17.1. The number of likely N-dealkylation sites (N-methyl/N-ethyl adjacent to an activating group) is 1. The van der Waals surface area contributed by atoms with Gasteiger partial charge in [-0.05, 0) is 36.2 Å². The summed E-state index contributed by atoms with van der Waals surface area (Å²) in [5.41, 5.74) is 1.71. The highest BCUT2D eigenvalue weighted by molar-refractivity contribution is 7.89. The predicted molar refractivity (Wildman–Crippen MR) is 113 cm³/mol. The SMILES string of the molecule is C=CCN(C)S(=O)(=O)c1ccc(NC(=O)NCC(CC)c2ccccc2)cc1. The summed E-state index contributed by atoms with van der Waals surface area (Å²) in [5.74, 6) is 0.236. The molecule has 150 valence electrons. The van der Waals surface area contributed by atoms with Gasteiger partial charge in [-0.3, -0.25) is 0 Å². The fourth-order valence-electron chi connectivity index (χ4n) is 2.78. The van der Waals surface area contributed by atoms with Gasteiger partial charge in [0, 0.05) is 31.7 Å². The van der Waals surface area contributed by atoms with Crippen LogP contribution in [-0.4, -0.2) is 38.9 Å². The maximum Gasteiger partial charge on any atom is 0.319 e. The van der Waals surface area contributed by atoms with E-state index in [4.69, 9.17) is 0 Å². The number of amides is 2. The molecule has 0 aromatic heterocycles. The predicted octanol–water partition coefficient (Wildman–Crippen LogP) is 3.81. The smallest absolute Gasteiger partial charge is 0.319 e. The van der Waals surface area contributed by atoms with Gasteiger partial charge in [-0.2, -0.15) is 4.31 Å². The molecule has 2 amide bonds. The van der Waals surface area contributed by atoms with Gasteiger partial charge in [0.05, 0.1) is 4.90 Å². The summed E-state index contributed by atoms with van der Waals surface area (Å²) in [6.45, 7) is 6.38. The van der Waals surface area contributed by atoms with Gasteiger partial charge < -0.3 is 10.6 Å². The van der Waals surface area contributed by atoms with E-state index < -0.39 is 10.0 Å². The molecule has 2 N–H and O–H groups in total. The average molecular weight is 402 g/mol. The van der Waals surface area contributed by atoms with Crippen molar-refractivity contribution in [2.45, 2.75) is 24.2 Å². The Kier molecular flexibility index (Phi) is 7.78. The Labute approximate surface area is 167 Å². The van der Waals surface area contributed by atoms with Crippen LogP contribution in [0.1, 0.15) is 24.8 Å². The molecule has 0 heterocycles. The molecule has 0 radical (unpaired) electrons. The number of rotatable bonds is 9. The molecule has 2 aromatic carbocycles. The highest BCUT2D eigenvalue weighted by Crippen LogP contribution is 2.19. The number of urea groups is 1. The van der Waals surface area contributed by atoms with Gasteiger partial charge >= 0.3 is 6.03 Å². The number of anilines is 1. The first-order valence-electron chi connectivity index (χ1n) is 9.15. The Morgan fingerprint density at radius 2 is 1.79 bits per heavy atom. The maximum absolute atomic E-state index is 12.4. The molecule has 0 spiro atoms. The maximum atomic E-state index is 12.4. The summed E-state index contributed by atoms with van der Waals surface area (Å²) >= 11 is 0. The van der Waals surface area contributed by atoms with Crippen LogP contribution in [0.2, 0.25) is 0 Å². The molecule has 0 fully saturated rings. The van der Waals surface area contributed by atoms with Gasteiger partial charge in [-0.25, -0.2) is 13.2 Å². The van der Waals surface area contributed by atoms with Crippen molar-refractivity contribution in [1.82, 2.24) is 9.62 Å². The number of carbonyl (C=O) groups excluding carboxylic acids is 1. The Hall–Kier alpha value is -2.64. The van der Waals surface area contributed by atoms with Crippen LogP contribution in [0.3, 0.4) is 0 Å². The number of hydrogen-bond acceptors (Lipinski definition) is 3. The summed E-state index contributed by atoms with van der Waals surface area (Å²) in [7, 11) is -2.07. The minimum atomic E-state index is -3.57. The minimum Gasteiger partial charge on any atom is -0.337 e. The lowest BCUT2D eigenvalue weighted by Gasteiger charge is -2.17. The lowest BCUT2D eigenvalue weighted by molar-refractivity contribution is 0.251. The molecule has 0 saturated carbocycles. The molecule has 7 heteroatoms. The molecule has 1 unspecified atom stereocenters. The van der Waals surface area contributed by atoms with E-state index >= 15 is 0 Å². The first-order chi connectivity index (χ1) is 13.4. The topological polar surface area (TPSA) is 78.5 Å². The standard InChI is InChI=1S/C21H27N3O3S/c1-4-15-24(3)28(26,27)20-13-11-19(12-14-20)23-21(25)22-16-17(5-2)18-9-7-6-8-10-18/h4,6-14,17H,1,5,15-16H2,2-3H3,(H2,22,23,25). The van der Waals surface area contributed by atoms with Gasteiger partial charge in [0.15, 0.2) is 0 Å². The molecule has 0 aliphatic carbocycles. The van der Waals surface area contributed by atoms with Crippen LogP contribution in [0.5, 0.6) is 0 Å². The first-order valence-corrected chi connectivity index (χ1v) is 10.6. The monoisotopic (exact) mass is 401 g/mol. The summed E-state index contributed by atoms with van der Waals surface area (Å²) < 4.78 is 26.0. The van der Waals surface area contributed by atoms with E-state index in [-0.39, 0.29) is 23.4 Å². The number of hydrogen-bond donors (Lipinski definition) is 2. The average Bonchev–Trinajstić information content (AvgIpc) is 2.70. The summed E-state index contributed by atoms with van der Waals surface area (Å²) in [6.07, 6.45) is 2.44. The first kappa shape index (κ1) is 21.7. The van der Waals surface area contributed by atoms with Crippen molar-refractivity contribution in [3.05, 3.63) is 72.8 Å². The quantitative estimate of drug-likeness (QED) is 0.627. The fourth-order valence-corrected chi connectivity index (χ4v) is 3.93. The van der Waals surface area contributed by atoms with Gasteiger partial charge in [-0.15, -0.1) is 6.58 Å². The van der Waals surface area contributed by atoms with E-state index in [1.54, 1.807) is 12.1 Å². The molecule has 2 rings (SSSR count). The van der Waals surface area contributed by atoms with Gasteiger partial charge in [-0.1, -0.05) is 43.3 Å². The summed E-state index contributed by atoms with van der Waals surface area (Å²) in [6, 6.07) is 15.8. The van der Waals surface area contributed by atoms with Gasteiger partial charge in [0.25, 0.3) is 0 Å². The van der Waals surface area contributed by atoms with Crippen molar-refractivity contribution >= 4 is 21.7 Å². The largest absolute Gasteiger partial charge is 0.337 e. The lowest BCUT2D eigenvalue weighted by Crippen LogP contribution is -2.32. The molecule has 0 aliphatic rings. The summed E-state index contributed by atoms with van der Waals surface area (Å²) in [4.78, 5) is 12.3. The van der Waals surface area contributed by atoms with Gasteiger partial charge in [0.2, 0.25) is 10.0 Å². The number of benzene rings is 2. The molecular weight excluding hydrogens is 374 g/mol. The van der Waals surface area contributed by atoms with Crippen molar-refractivity contribution in [2.75, 3.05) is 25.5 Å². The van der Waals surface area contributed by atoms with E-state index in [9.17, 15) is 13.2 Å². The van der Waals surface area contributed by atoms with E-state index in [2.05, 4.69) is 36.3 Å². The van der Waals surface area contributed by atoms with E-state index in [1.807, 2.05) is 18.2 Å².